The molecule has 8 heteroatoms. The molecule has 0 saturated heterocycles. The van der Waals surface area contributed by atoms with E-state index in [1.165, 1.54) is 7.05 Å². The van der Waals surface area contributed by atoms with E-state index in [0.717, 1.165) is 11.1 Å². The molecule has 3 heterocycles. The number of nitrogens with zero attached hydrogens (tertiary/aromatic N) is 3. The average Bonchev–Trinajstić information content (AvgIpc) is 3.31. The van der Waals surface area contributed by atoms with Gasteiger partial charge in [-0.2, -0.15) is 0 Å². The summed E-state index contributed by atoms with van der Waals surface area (Å²) in [5, 5.41) is 6.47. The van der Waals surface area contributed by atoms with Gasteiger partial charge in [0.05, 0.1) is 0 Å². The minimum absolute atomic E-state index is 0.167. The molecule has 1 aromatic carbocycles. The topological polar surface area (TPSA) is 97.4 Å². The molecule has 1 N–H and O–H groups in total. The van der Waals surface area contributed by atoms with Gasteiger partial charge in [0.25, 0.3) is 17.4 Å². The Morgan fingerprint density at radius 3 is 2.69 bits per heavy atom. The molecule has 0 radical (unpaired) electrons. The van der Waals surface area contributed by atoms with Crippen LogP contribution in [0.4, 0.5) is 0 Å². The number of aromatic nitrogens is 2. The zero-order valence-corrected chi connectivity index (χ0v) is 18.3. The van der Waals surface area contributed by atoms with Crippen LogP contribution in [0.5, 0.6) is 0 Å². The zero-order chi connectivity index (χ0) is 22.7. The lowest BCUT2D eigenvalue weighted by atomic mass is 9.95. The van der Waals surface area contributed by atoms with Crippen LogP contribution >= 0.6 is 0 Å². The SMILES string of the molecule is CCc1cc(C(=O)N2CCc3c(cn(CCc4ccccc4)c(=O)c3C(=O)NC)C2)no1. The van der Waals surface area contributed by atoms with Gasteiger partial charge in [0.2, 0.25) is 0 Å². The third-order valence-electron chi connectivity index (χ3n) is 5.82. The van der Waals surface area contributed by atoms with E-state index < -0.39 is 5.91 Å². The van der Waals surface area contributed by atoms with Crippen molar-refractivity contribution in [3.8, 4) is 0 Å². The maximum atomic E-state index is 13.1. The molecule has 1 aliphatic heterocycles. The molecule has 8 nitrogen and oxygen atoms in total. The Balaban J connectivity index is 1.65. The number of hydrogen-bond acceptors (Lipinski definition) is 5. The van der Waals surface area contributed by atoms with Crippen molar-refractivity contribution in [2.24, 2.45) is 0 Å². The molecule has 0 aliphatic carbocycles. The van der Waals surface area contributed by atoms with E-state index in [-0.39, 0.29) is 22.7 Å². The minimum atomic E-state index is -0.399. The largest absolute Gasteiger partial charge is 0.361 e. The molecule has 0 unspecified atom stereocenters. The van der Waals surface area contributed by atoms with Gasteiger partial charge in [0.1, 0.15) is 11.3 Å². The average molecular weight is 434 g/mol. The summed E-state index contributed by atoms with van der Waals surface area (Å²) in [6.45, 7) is 3.08. The fourth-order valence-corrected chi connectivity index (χ4v) is 4.05. The molecule has 0 fully saturated rings. The summed E-state index contributed by atoms with van der Waals surface area (Å²) in [7, 11) is 1.52. The number of hydrogen-bond donors (Lipinski definition) is 1. The second kappa shape index (κ2) is 9.21. The summed E-state index contributed by atoms with van der Waals surface area (Å²) in [6, 6.07) is 11.5. The van der Waals surface area contributed by atoms with Gasteiger partial charge in [0.15, 0.2) is 5.69 Å². The number of carbonyl (C=O) groups is 2. The molecule has 2 amide bonds. The second-order valence-electron chi connectivity index (χ2n) is 7.83. The van der Waals surface area contributed by atoms with E-state index >= 15 is 0 Å². The summed E-state index contributed by atoms with van der Waals surface area (Å²) in [5.74, 6) is 0.0363. The minimum Gasteiger partial charge on any atom is -0.361 e. The van der Waals surface area contributed by atoms with Crippen molar-refractivity contribution in [2.75, 3.05) is 13.6 Å². The molecule has 3 aromatic rings. The maximum absolute atomic E-state index is 13.1. The number of aryl methyl sites for hydroxylation is 3. The number of carbonyl (C=O) groups excluding carboxylic acids is 2. The number of pyridine rings is 1. The van der Waals surface area contributed by atoms with Crippen LogP contribution in [0.15, 0.2) is 51.9 Å². The highest BCUT2D eigenvalue weighted by Gasteiger charge is 2.29. The van der Waals surface area contributed by atoms with Crippen molar-refractivity contribution < 1.29 is 14.1 Å². The second-order valence-corrected chi connectivity index (χ2v) is 7.83. The van der Waals surface area contributed by atoms with Gasteiger partial charge in [-0.15, -0.1) is 0 Å². The van der Waals surface area contributed by atoms with Crippen LogP contribution in [0.3, 0.4) is 0 Å². The molecule has 0 spiro atoms. The lowest BCUT2D eigenvalue weighted by Crippen LogP contribution is -2.41. The quantitative estimate of drug-likeness (QED) is 0.642. The Morgan fingerprint density at radius 1 is 1.22 bits per heavy atom. The maximum Gasteiger partial charge on any atom is 0.276 e. The van der Waals surface area contributed by atoms with Crippen LogP contribution in [0, 0.1) is 0 Å². The van der Waals surface area contributed by atoms with Crippen molar-refractivity contribution >= 4 is 11.8 Å². The van der Waals surface area contributed by atoms with Crippen LogP contribution in [-0.4, -0.2) is 40.0 Å². The molecular weight excluding hydrogens is 408 g/mol. The van der Waals surface area contributed by atoms with Gasteiger partial charge in [-0.3, -0.25) is 14.4 Å². The number of nitrogens with one attached hydrogen (secondary N) is 1. The van der Waals surface area contributed by atoms with Crippen molar-refractivity contribution in [1.82, 2.24) is 19.9 Å². The Hall–Kier alpha value is -3.68. The van der Waals surface area contributed by atoms with Gasteiger partial charge in [-0.05, 0) is 29.5 Å². The first kappa shape index (κ1) is 21.5. The van der Waals surface area contributed by atoms with Gasteiger partial charge in [-0.1, -0.05) is 42.4 Å². The molecule has 0 bridgehead atoms. The highest BCUT2D eigenvalue weighted by atomic mass is 16.5. The van der Waals surface area contributed by atoms with Crippen molar-refractivity contribution in [3.63, 3.8) is 0 Å². The smallest absolute Gasteiger partial charge is 0.276 e. The summed E-state index contributed by atoms with van der Waals surface area (Å²) in [6.07, 6.45) is 3.53. The van der Waals surface area contributed by atoms with Gasteiger partial charge in [0, 0.05) is 45.4 Å². The standard InChI is InChI=1S/C24H26N4O4/c1-3-18-13-20(26-32-18)23(30)27-12-10-19-17(14-27)15-28(24(31)21(19)22(29)25-2)11-9-16-7-5-4-6-8-16/h4-8,13,15H,3,9-12,14H2,1-2H3,(H,25,29). The van der Waals surface area contributed by atoms with E-state index in [4.69, 9.17) is 4.52 Å². The van der Waals surface area contributed by atoms with E-state index in [1.807, 2.05) is 37.3 Å². The summed E-state index contributed by atoms with van der Waals surface area (Å²) in [5.41, 5.74) is 2.75. The Labute approximate surface area is 185 Å². The van der Waals surface area contributed by atoms with Crippen LogP contribution in [0.2, 0.25) is 0 Å². The normalized spacial score (nSPS) is 13.0. The van der Waals surface area contributed by atoms with Gasteiger partial charge < -0.3 is 19.3 Å². The fraction of sp³-hybridized carbons (Fsp3) is 0.333. The van der Waals surface area contributed by atoms with Crippen LogP contribution < -0.4 is 10.9 Å². The highest BCUT2D eigenvalue weighted by Crippen LogP contribution is 2.22. The van der Waals surface area contributed by atoms with Gasteiger partial charge >= 0.3 is 0 Å². The van der Waals surface area contributed by atoms with E-state index in [1.54, 1.807) is 21.7 Å². The highest BCUT2D eigenvalue weighted by molar-refractivity contribution is 5.96. The van der Waals surface area contributed by atoms with Crippen LogP contribution in [-0.2, 0) is 32.4 Å². The number of benzene rings is 1. The molecule has 0 atom stereocenters. The first-order valence-electron chi connectivity index (χ1n) is 10.8. The van der Waals surface area contributed by atoms with Crippen LogP contribution in [0.1, 0.15) is 50.2 Å². The molecular formula is C24H26N4O4. The molecule has 2 aromatic heterocycles. The van der Waals surface area contributed by atoms with E-state index in [9.17, 15) is 14.4 Å². The molecule has 32 heavy (non-hydrogen) atoms. The Kier molecular flexibility index (Phi) is 6.20. The number of amides is 2. The molecule has 0 saturated carbocycles. The monoisotopic (exact) mass is 434 g/mol. The van der Waals surface area contributed by atoms with Crippen molar-refractivity contribution in [2.45, 2.75) is 39.3 Å². The molecule has 1 aliphatic rings. The zero-order valence-electron chi connectivity index (χ0n) is 18.3. The van der Waals surface area contributed by atoms with Crippen molar-refractivity contribution in [1.29, 1.82) is 0 Å². The van der Waals surface area contributed by atoms with E-state index in [0.29, 0.717) is 50.2 Å². The fourth-order valence-electron chi connectivity index (χ4n) is 4.05. The van der Waals surface area contributed by atoms with Crippen LogP contribution in [0.25, 0.3) is 0 Å². The molecule has 166 valence electrons. The predicted molar refractivity (Wildman–Crippen MR) is 119 cm³/mol. The lowest BCUT2D eigenvalue weighted by molar-refractivity contribution is 0.0723. The summed E-state index contributed by atoms with van der Waals surface area (Å²) in [4.78, 5) is 40.3. The van der Waals surface area contributed by atoms with E-state index in [2.05, 4.69) is 10.5 Å². The summed E-state index contributed by atoms with van der Waals surface area (Å²) >= 11 is 0. The van der Waals surface area contributed by atoms with Crippen molar-refractivity contribution in [3.05, 3.63) is 86.7 Å². The summed E-state index contributed by atoms with van der Waals surface area (Å²) < 4.78 is 6.75. The van der Waals surface area contributed by atoms with Gasteiger partial charge in [-0.25, -0.2) is 0 Å². The first-order valence-corrected chi connectivity index (χ1v) is 10.8. The third kappa shape index (κ3) is 4.21. The lowest BCUT2D eigenvalue weighted by Gasteiger charge is -2.30. The first-order chi connectivity index (χ1) is 15.5. The number of rotatable bonds is 6. The Morgan fingerprint density at radius 2 is 2.00 bits per heavy atom. The Bertz CT molecular complexity index is 1200. The predicted octanol–water partition coefficient (Wildman–Crippen LogP) is 2.20. The molecule has 4 rings (SSSR count). The number of fused-ring (bicyclic) bond motifs is 1. The third-order valence-corrected chi connectivity index (χ3v) is 5.82.